The topological polar surface area (TPSA) is 55.4 Å². The maximum absolute atomic E-state index is 11.4. The highest BCUT2D eigenvalue weighted by Crippen LogP contribution is 2.20. The van der Waals surface area contributed by atoms with Crippen LogP contribution in [0.3, 0.4) is 0 Å². The second-order valence-electron chi connectivity index (χ2n) is 5.07. The van der Waals surface area contributed by atoms with E-state index >= 15 is 0 Å². The number of hydrogen-bond acceptors (Lipinski definition) is 4. The molecule has 1 aliphatic rings. The van der Waals surface area contributed by atoms with Crippen LogP contribution in [-0.4, -0.2) is 33.4 Å². The van der Waals surface area contributed by atoms with Gasteiger partial charge in [0.05, 0.1) is 4.90 Å². The maximum Gasteiger partial charge on any atom is 0.175 e. The number of hydrogen-bond donors (Lipinski definition) is 1. The van der Waals surface area contributed by atoms with Crippen molar-refractivity contribution in [1.29, 1.82) is 0 Å². The van der Waals surface area contributed by atoms with E-state index < -0.39 is 9.84 Å². The van der Waals surface area contributed by atoms with E-state index in [1.54, 1.807) is 24.3 Å². The molecule has 0 amide bonds. The van der Waals surface area contributed by atoms with E-state index in [0.717, 1.165) is 18.7 Å². The number of benzene rings is 1. The van der Waals surface area contributed by atoms with Gasteiger partial charge in [-0.15, -0.1) is 0 Å². The first-order valence-corrected chi connectivity index (χ1v) is 8.58. The van der Waals surface area contributed by atoms with Gasteiger partial charge in [0.1, 0.15) is 11.9 Å². The summed E-state index contributed by atoms with van der Waals surface area (Å²) in [5.41, 5.74) is 0. The molecule has 1 saturated carbocycles. The predicted octanol–water partition coefficient (Wildman–Crippen LogP) is 2.00. The summed E-state index contributed by atoms with van der Waals surface area (Å²) in [7, 11) is -3.13. The first kappa shape index (κ1) is 14.3. The van der Waals surface area contributed by atoms with Crippen LogP contribution in [0.25, 0.3) is 0 Å². The van der Waals surface area contributed by atoms with Gasteiger partial charge in [-0.1, -0.05) is 6.92 Å². The molecule has 0 aliphatic heterocycles. The number of ether oxygens (including phenoxy) is 1. The fourth-order valence-corrected chi connectivity index (χ4v) is 2.44. The van der Waals surface area contributed by atoms with Gasteiger partial charge in [0.25, 0.3) is 0 Å². The molecule has 1 aromatic carbocycles. The molecular formula is C14H21NO3S. The van der Waals surface area contributed by atoms with Crippen molar-refractivity contribution in [2.75, 3.05) is 12.8 Å². The van der Waals surface area contributed by atoms with Crippen molar-refractivity contribution in [1.82, 2.24) is 5.32 Å². The standard InChI is InChI=1S/C14H21NO3S/c1-3-12(10-15-11-4-5-11)18-13-6-8-14(9-7-13)19(2,16)17/h6-9,11-12,15H,3-5,10H2,1-2H3. The highest BCUT2D eigenvalue weighted by molar-refractivity contribution is 7.90. The Kier molecular flexibility index (Phi) is 4.47. The minimum Gasteiger partial charge on any atom is -0.489 e. The van der Waals surface area contributed by atoms with E-state index in [2.05, 4.69) is 12.2 Å². The largest absolute Gasteiger partial charge is 0.489 e. The third kappa shape index (κ3) is 4.51. The molecule has 1 unspecified atom stereocenters. The van der Waals surface area contributed by atoms with Crippen LogP contribution in [0.15, 0.2) is 29.2 Å². The van der Waals surface area contributed by atoms with Crippen molar-refractivity contribution in [3.8, 4) is 5.75 Å². The Morgan fingerprint density at radius 1 is 1.32 bits per heavy atom. The second kappa shape index (κ2) is 5.92. The van der Waals surface area contributed by atoms with Crippen LogP contribution >= 0.6 is 0 Å². The van der Waals surface area contributed by atoms with Crippen molar-refractivity contribution >= 4 is 9.84 Å². The van der Waals surface area contributed by atoms with E-state index in [1.807, 2.05) is 0 Å². The third-order valence-corrected chi connectivity index (χ3v) is 4.35. The van der Waals surface area contributed by atoms with Crippen LogP contribution in [0.5, 0.6) is 5.75 Å². The summed E-state index contributed by atoms with van der Waals surface area (Å²) in [5, 5.41) is 3.44. The van der Waals surface area contributed by atoms with Crippen molar-refractivity contribution < 1.29 is 13.2 Å². The zero-order valence-corrected chi connectivity index (χ0v) is 12.2. The summed E-state index contributed by atoms with van der Waals surface area (Å²) in [6.07, 6.45) is 4.79. The quantitative estimate of drug-likeness (QED) is 0.831. The molecule has 1 N–H and O–H groups in total. The summed E-state index contributed by atoms with van der Waals surface area (Å²) >= 11 is 0. The Morgan fingerprint density at radius 3 is 2.42 bits per heavy atom. The lowest BCUT2D eigenvalue weighted by Gasteiger charge is -2.18. The van der Waals surface area contributed by atoms with Gasteiger partial charge < -0.3 is 10.1 Å². The van der Waals surface area contributed by atoms with Crippen LogP contribution in [0.1, 0.15) is 26.2 Å². The normalized spacial score (nSPS) is 17.2. The van der Waals surface area contributed by atoms with Gasteiger partial charge in [0.2, 0.25) is 0 Å². The smallest absolute Gasteiger partial charge is 0.175 e. The number of sulfone groups is 1. The fraction of sp³-hybridized carbons (Fsp3) is 0.571. The zero-order valence-electron chi connectivity index (χ0n) is 11.4. The second-order valence-corrected chi connectivity index (χ2v) is 7.09. The lowest BCUT2D eigenvalue weighted by Crippen LogP contribution is -2.32. The Morgan fingerprint density at radius 2 is 1.95 bits per heavy atom. The van der Waals surface area contributed by atoms with E-state index in [-0.39, 0.29) is 6.10 Å². The third-order valence-electron chi connectivity index (χ3n) is 3.22. The molecule has 1 aromatic rings. The van der Waals surface area contributed by atoms with Crippen molar-refractivity contribution in [3.63, 3.8) is 0 Å². The molecule has 0 spiro atoms. The molecule has 0 heterocycles. The van der Waals surface area contributed by atoms with Crippen molar-refractivity contribution in [2.24, 2.45) is 0 Å². The van der Waals surface area contributed by atoms with Gasteiger partial charge in [-0.05, 0) is 43.5 Å². The van der Waals surface area contributed by atoms with Crippen LogP contribution in [-0.2, 0) is 9.84 Å². The van der Waals surface area contributed by atoms with E-state index in [9.17, 15) is 8.42 Å². The van der Waals surface area contributed by atoms with Crippen LogP contribution in [0, 0.1) is 0 Å². The molecule has 2 rings (SSSR count). The molecular weight excluding hydrogens is 262 g/mol. The average Bonchev–Trinajstić information content (AvgIpc) is 3.18. The molecule has 106 valence electrons. The molecule has 1 aliphatic carbocycles. The Labute approximate surface area is 115 Å². The summed E-state index contributed by atoms with van der Waals surface area (Å²) in [4.78, 5) is 0.323. The van der Waals surface area contributed by atoms with Crippen molar-refractivity contribution in [2.45, 2.75) is 43.2 Å². The van der Waals surface area contributed by atoms with E-state index in [1.165, 1.54) is 19.1 Å². The lowest BCUT2D eigenvalue weighted by molar-refractivity contribution is 0.193. The van der Waals surface area contributed by atoms with Gasteiger partial charge in [-0.3, -0.25) is 0 Å². The lowest BCUT2D eigenvalue weighted by atomic mass is 10.2. The highest BCUT2D eigenvalue weighted by Gasteiger charge is 2.22. The van der Waals surface area contributed by atoms with Crippen molar-refractivity contribution in [3.05, 3.63) is 24.3 Å². The molecule has 0 radical (unpaired) electrons. The van der Waals surface area contributed by atoms with Gasteiger partial charge in [0, 0.05) is 18.8 Å². The highest BCUT2D eigenvalue weighted by atomic mass is 32.2. The first-order valence-electron chi connectivity index (χ1n) is 6.69. The molecule has 0 bridgehead atoms. The monoisotopic (exact) mass is 283 g/mol. The molecule has 0 saturated heterocycles. The number of rotatable bonds is 7. The van der Waals surface area contributed by atoms with E-state index in [0.29, 0.717) is 10.9 Å². The Balaban J connectivity index is 1.93. The van der Waals surface area contributed by atoms with Crippen LogP contribution in [0.4, 0.5) is 0 Å². The molecule has 1 fully saturated rings. The molecule has 0 aromatic heterocycles. The summed E-state index contributed by atoms with van der Waals surface area (Å²) in [6.45, 7) is 2.93. The number of nitrogens with one attached hydrogen (secondary N) is 1. The summed E-state index contributed by atoms with van der Waals surface area (Å²) in [5.74, 6) is 0.719. The molecule has 19 heavy (non-hydrogen) atoms. The summed E-state index contributed by atoms with van der Waals surface area (Å²) < 4.78 is 28.6. The van der Waals surface area contributed by atoms with Crippen LogP contribution < -0.4 is 10.1 Å². The van der Waals surface area contributed by atoms with Gasteiger partial charge >= 0.3 is 0 Å². The molecule has 1 atom stereocenters. The fourth-order valence-electron chi connectivity index (χ4n) is 1.81. The molecule has 4 nitrogen and oxygen atoms in total. The Hall–Kier alpha value is -1.07. The predicted molar refractivity (Wildman–Crippen MR) is 75.3 cm³/mol. The first-order chi connectivity index (χ1) is 8.99. The molecule has 5 heteroatoms. The summed E-state index contributed by atoms with van der Waals surface area (Å²) in [6, 6.07) is 7.29. The maximum atomic E-state index is 11.4. The Bertz CT molecular complexity index is 506. The van der Waals surface area contributed by atoms with E-state index in [4.69, 9.17) is 4.74 Å². The minimum atomic E-state index is -3.13. The zero-order chi connectivity index (χ0) is 13.9. The average molecular weight is 283 g/mol. The van der Waals surface area contributed by atoms with Crippen LogP contribution in [0.2, 0.25) is 0 Å². The van der Waals surface area contributed by atoms with Gasteiger partial charge in [-0.25, -0.2) is 8.42 Å². The minimum absolute atomic E-state index is 0.129. The SMILES string of the molecule is CCC(CNC1CC1)Oc1ccc(S(C)(=O)=O)cc1. The van der Waals surface area contributed by atoms with Gasteiger partial charge in [0.15, 0.2) is 9.84 Å². The van der Waals surface area contributed by atoms with Gasteiger partial charge in [-0.2, -0.15) is 0 Å².